The highest BCUT2D eigenvalue weighted by Crippen LogP contribution is 2.16. The molecular weight excluding hydrogens is 288 g/mol. The third kappa shape index (κ3) is 5.15. The smallest absolute Gasteiger partial charge is 0.167 e. The topological polar surface area (TPSA) is 35.5 Å². The van der Waals surface area contributed by atoms with E-state index in [-0.39, 0.29) is 5.78 Å². The summed E-state index contributed by atoms with van der Waals surface area (Å²) in [5.41, 5.74) is 1.62. The number of benzene rings is 2. The Labute approximate surface area is 136 Å². The summed E-state index contributed by atoms with van der Waals surface area (Å²) in [6.07, 6.45) is 3.73. The summed E-state index contributed by atoms with van der Waals surface area (Å²) in [7, 11) is 0. The number of hydrogen-bond acceptors (Lipinski definition) is 3. The van der Waals surface area contributed by atoms with Gasteiger partial charge in [0.25, 0.3) is 0 Å². The molecule has 0 bridgehead atoms. The predicted molar refractivity (Wildman–Crippen MR) is 92.3 cm³/mol. The summed E-state index contributed by atoms with van der Waals surface area (Å²) in [5, 5.41) is 0. The number of ether oxygens (including phenoxy) is 2. The van der Waals surface area contributed by atoms with Gasteiger partial charge in [0.2, 0.25) is 0 Å². The lowest BCUT2D eigenvalue weighted by molar-refractivity contribution is 0.0993. The maximum Gasteiger partial charge on any atom is 0.167 e. The molecule has 0 aromatic heterocycles. The second kappa shape index (κ2) is 8.59. The van der Waals surface area contributed by atoms with Crippen molar-refractivity contribution in [2.45, 2.75) is 6.42 Å². The van der Waals surface area contributed by atoms with Crippen LogP contribution in [0.25, 0.3) is 0 Å². The fourth-order valence-corrected chi connectivity index (χ4v) is 2.04. The van der Waals surface area contributed by atoms with Crippen LogP contribution in [-0.2, 0) is 6.42 Å². The Morgan fingerprint density at radius 2 is 1.30 bits per heavy atom. The quantitative estimate of drug-likeness (QED) is 0.513. The highest BCUT2D eigenvalue weighted by atomic mass is 16.5. The van der Waals surface area contributed by atoms with Gasteiger partial charge in [0.05, 0.1) is 0 Å². The molecular formula is C20H20O3. The molecule has 2 rings (SSSR count). The van der Waals surface area contributed by atoms with E-state index in [0.717, 1.165) is 17.1 Å². The van der Waals surface area contributed by atoms with Crippen molar-refractivity contribution in [2.24, 2.45) is 0 Å². The van der Waals surface area contributed by atoms with Crippen molar-refractivity contribution in [3.8, 4) is 11.5 Å². The van der Waals surface area contributed by atoms with Gasteiger partial charge in [0.1, 0.15) is 24.7 Å². The van der Waals surface area contributed by atoms with E-state index in [4.69, 9.17) is 9.47 Å². The third-order valence-electron chi connectivity index (χ3n) is 3.20. The maximum absolute atomic E-state index is 12.3. The normalized spacial score (nSPS) is 9.91. The Hall–Kier alpha value is -2.81. The molecule has 0 unspecified atom stereocenters. The van der Waals surface area contributed by atoms with Crippen LogP contribution in [0.1, 0.15) is 15.9 Å². The van der Waals surface area contributed by atoms with Crippen LogP contribution >= 0.6 is 0 Å². The van der Waals surface area contributed by atoms with Crippen LogP contribution in [0, 0.1) is 0 Å². The Morgan fingerprint density at radius 1 is 0.826 bits per heavy atom. The minimum atomic E-state index is 0.0695. The van der Waals surface area contributed by atoms with E-state index in [1.165, 1.54) is 0 Å². The summed E-state index contributed by atoms with van der Waals surface area (Å²) in [5.74, 6) is 1.56. The van der Waals surface area contributed by atoms with Crippen LogP contribution in [0.4, 0.5) is 0 Å². The number of carbonyl (C=O) groups is 1. The Morgan fingerprint density at radius 3 is 1.78 bits per heavy atom. The van der Waals surface area contributed by atoms with Crippen LogP contribution in [0.15, 0.2) is 73.8 Å². The molecule has 0 aliphatic rings. The second-order valence-electron chi connectivity index (χ2n) is 4.97. The molecule has 118 valence electrons. The molecule has 3 nitrogen and oxygen atoms in total. The molecule has 0 heterocycles. The summed E-state index contributed by atoms with van der Waals surface area (Å²) < 4.78 is 10.8. The van der Waals surface area contributed by atoms with Crippen molar-refractivity contribution in [3.05, 3.63) is 85.0 Å². The van der Waals surface area contributed by atoms with Gasteiger partial charge in [-0.15, -0.1) is 0 Å². The molecule has 0 amide bonds. The average molecular weight is 308 g/mol. The summed E-state index contributed by atoms with van der Waals surface area (Å²) in [6, 6.07) is 14.7. The van der Waals surface area contributed by atoms with Crippen molar-refractivity contribution in [2.75, 3.05) is 13.2 Å². The Kier molecular flexibility index (Phi) is 6.18. The van der Waals surface area contributed by atoms with Crippen LogP contribution in [0.3, 0.4) is 0 Å². The molecule has 2 aromatic rings. The first-order valence-corrected chi connectivity index (χ1v) is 7.42. The second-order valence-corrected chi connectivity index (χ2v) is 4.97. The first-order valence-electron chi connectivity index (χ1n) is 7.42. The first kappa shape index (κ1) is 16.6. The zero-order valence-corrected chi connectivity index (χ0v) is 13.0. The van der Waals surface area contributed by atoms with Crippen LogP contribution in [0.5, 0.6) is 11.5 Å². The van der Waals surface area contributed by atoms with Gasteiger partial charge in [-0.2, -0.15) is 0 Å². The molecule has 0 saturated heterocycles. The molecule has 0 spiro atoms. The van der Waals surface area contributed by atoms with Gasteiger partial charge in [-0.25, -0.2) is 0 Å². The highest BCUT2D eigenvalue weighted by molar-refractivity contribution is 5.97. The number of Topliss-reactive ketones (excluding diaryl/α,β-unsaturated/α-hetero) is 1. The summed E-state index contributed by atoms with van der Waals surface area (Å²) in [4.78, 5) is 12.3. The highest BCUT2D eigenvalue weighted by Gasteiger charge is 2.07. The van der Waals surface area contributed by atoms with Gasteiger partial charge in [-0.1, -0.05) is 37.4 Å². The predicted octanol–water partition coefficient (Wildman–Crippen LogP) is 4.24. The molecule has 3 heteroatoms. The third-order valence-corrected chi connectivity index (χ3v) is 3.20. The van der Waals surface area contributed by atoms with Gasteiger partial charge in [0, 0.05) is 12.0 Å². The first-order chi connectivity index (χ1) is 11.2. The molecule has 23 heavy (non-hydrogen) atoms. The van der Waals surface area contributed by atoms with E-state index in [0.29, 0.717) is 25.2 Å². The zero-order valence-electron chi connectivity index (χ0n) is 13.0. The molecule has 0 aliphatic heterocycles. The molecule has 0 fully saturated rings. The zero-order chi connectivity index (χ0) is 16.5. The van der Waals surface area contributed by atoms with Crippen molar-refractivity contribution < 1.29 is 14.3 Å². The lowest BCUT2D eigenvalue weighted by Crippen LogP contribution is -2.04. The number of hydrogen-bond donors (Lipinski definition) is 0. The van der Waals surface area contributed by atoms with E-state index in [1.807, 2.05) is 24.3 Å². The fraction of sp³-hybridized carbons (Fsp3) is 0.150. The number of ketones is 1. The lowest BCUT2D eigenvalue weighted by atomic mass is 10.0. The standard InChI is InChI=1S/C20H20O3/c1-3-13-22-18-9-5-16(6-10-18)15-20(21)17-7-11-19(12-8-17)23-14-4-2/h3-12H,1-2,13-15H2. The van der Waals surface area contributed by atoms with Gasteiger partial charge < -0.3 is 9.47 Å². The number of rotatable bonds is 9. The largest absolute Gasteiger partial charge is 0.490 e. The SMILES string of the molecule is C=CCOc1ccc(CC(=O)c2ccc(OCC=C)cc2)cc1. The van der Waals surface area contributed by atoms with E-state index in [9.17, 15) is 4.79 Å². The molecule has 0 radical (unpaired) electrons. The molecule has 0 N–H and O–H groups in total. The van der Waals surface area contributed by atoms with Gasteiger partial charge in [-0.05, 0) is 42.0 Å². The van der Waals surface area contributed by atoms with Gasteiger partial charge in [-0.3, -0.25) is 4.79 Å². The van der Waals surface area contributed by atoms with Crippen molar-refractivity contribution >= 4 is 5.78 Å². The van der Waals surface area contributed by atoms with Crippen LogP contribution < -0.4 is 9.47 Å². The van der Waals surface area contributed by atoms with Crippen molar-refractivity contribution in [1.82, 2.24) is 0 Å². The van der Waals surface area contributed by atoms with Gasteiger partial charge in [0.15, 0.2) is 5.78 Å². The van der Waals surface area contributed by atoms with E-state index < -0.39 is 0 Å². The monoisotopic (exact) mass is 308 g/mol. The van der Waals surface area contributed by atoms with E-state index in [2.05, 4.69) is 13.2 Å². The molecule has 2 aromatic carbocycles. The average Bonchev–Trinajstić information content (AvgIpc) is 2.59. The van der Waals surface area contributed by atoms with Gasteiger partial charge >= 0.3 is 0 Å². The number of carbonyl (C=O) groups excluding carboxylic acids is 1. The fourth-order valence-electron chi connectivity index (χ4n) is 2.04. The summed E-state index contributed by atoms with van der Waals surface area (Å²) in [6.45, 7) is 8.13. The molecule has 0 saturated carbocycles. The van der Waals surface area contributed by atoms with Crippen LogP contribution in [-0.4, -0.2) is 19.0 Å². The maximum atomic E-state index is 12.3. The summed E-state index contributed by atoms with van der Waals surface area (Å²) >= 11 is 0. The van der Waals surface area contributed by atoms with Crippen molar-refractivity contribution in [1.29, 1.82) is 0 Å². The van der Waals surface area contributed by atoms with Crippen LogP contribution in [0.2, 0.25) is 0 Å². The minimum absolute atomic E-state index is 0.0695. The minimum Gasteiger partial charge on any atom is -0.490 e. The molecule has 0 aliphatic carbocycles. The van der Waals surface area contributed by atoms with Crippen molar-refractivity contribution in [3.63, 3.8) is 0 Å². The lowest BCUT2D eigenvalue weighted by Gasteiger charge is -2.06. The molecule has 0 atom stereocenters. The van der Waals surface area contributed by atoms with E-state index >= 15 is 0 Å². The Bertz CT molecular complexity index is 654. The Balaban J connectivity index is 1.95. The van der Waals surface area contributed by atoms with E-state index in [1.54, 1.807) is 36.4 Å².